The fourth-order valence-corrected chi connectivity index (χ4v) is 5.97. The lowest BCUT2D eigenvalue weighted by atomic mass is 9.64. The van der Waals surface area contributed by atoms with Crippen molar-refractivity contribution in [1.82, 2.24) is 0 Å². The highest BCUT2D eigenvalue weighted by Crippen LogP contribution is 2.62. The summed E-state index contributed by atoms with van der Waals surface area (Å²) in [6.45, 7) is 8.03. The number of rotatable bonds is 3. The fourth-order valence-electron chi connectivity index (χ4n) is 5.97. The van der Waals surface area contributed by atoms with E-state index < -0.39 is 23.1 Å². The molecule has 4 heteroatoms. The minimum atomic E-state index is -1.43. The number of hydrogen-bond acceptors (Lipinski definition) is 4. The number of carbonyl (C=O) groups is 2. The summed E-state index contributed by atoms with van der Waals surface area (Å²) in [5.74, 6) is -0.867. The molecular weight excluding hydrogens is 448 g/mol. The number of carbonyl (C=O) groups excluding carboxylic acids is 2. The van der Waals surface area contributed by atoms with Gasteiger partial charge >= 0.3 is 11.9 Å². The maximum absolute atomic E-state index is 13.6. The van der Waals surface area contributed by atoms with Gasteiger partial charge in [-0.25, -0.2) is 9.59 Å². The SMILES string of the molecule is Cc1ccc(C)c(C2(C3(c4cc(C)ccc4C)OC(=O)c4ccccc43)OC(=O)c3ccccc32)c1. The average molecular weight is 475 g/mol. The van der Waals surface area contributed by atoms with Crippen molar-refractivity contribution in [2.24, 2.45) is 0 Å². The molecule has 2 aliphatic rings. The Morgan fingerprint density at radius 2 is 0.889 bits per heavy atom. The Morgan fingerprint density at radius 3 is 1.31 bits per heavy atom. The fraction of sp³-hybridized carbons (Fsp3) is 0.188. The molecule has 0 aromatic heterocycles. The Morgan fingerprint density at radius 1 is 0.500 bits per heavy atom. The van der Waals surface area contributed by atoms with Gasteiger partial charge in [-0.2, -0.15) is 0 Å². The van der Waals surface area contributed by atoms with Crippen LogP contribution >= 0.6 is 0 Å². The lowest BCUT2D eigenvalue weighted by Gasteiger charge is -2.46. The van der Waals surface area contributed by atoms with Crippen molar-refractivity contribution in [3.8, 4) is 0 Å². The smallest absolute Gasteiger partial charge is 0.339 e. The van der Waals surface area contributed by atoms with Gasteiger partial charge in [0.05, 0.1) is 11.1 Å². The molecule has 0 bridgehead atoms. The van der Waals surface area contributed by atoms with Gasteiger partial charge in [-0.1, -0.05) is 83.9 Å². The van der Waals surface area contributed by atoms with Crippen molar-refractivity contribution in [1.29, 1.82) is 0 Å². The minimum Gasteiger partial charge on any atom is -0.440 e. The molecule has 2 unspecified atom stereocenters. The second-order valence-electron chi connectivity index (χ2n) is 9.87. The predicted octanol–water partition coefficient (Wildman–Crippen LogP) is 6.45. The van der Waals surface area contributed by atoms with Crippen LogP contribution in [-0.2, 0) is 20.7 Å². The summed E-state index contributed by atoms with van der Waals surface area (Å²) in [4.78, 5) is 27.1. The number of fused-ring (bicyclic) bond motifs is 2. The van der Waals surface area contributed by atoms with Crippen molar-refractivity contribution in [3.63, 3.8) is 0 Å². The minimum absolute atomic E-state index is 0.434. The third kappa shape index (κ3) is 2.75. The average Bonchev–Trinajstić information content (AvgIpc) is 3.35. The van der Waals surface area contributed by atoms with Crippen LogP contribution in [0.15, 0.2) is 84.9 Å². The zero-order valence-corrected chi connectivity index (χ0v) is 20.7. The van der Waals surface area contributed by atoms with E-state index >= 15 is 0 Å². The molecule has 0 spiro atoms. The zero-order valence-electron chi connectivity index (χ0n) is 20.7. The van der Waals surface area contributed by atoms with Crippen molar-refractivity contribution in [3.05, 3.63) is 141 Å². The topological polar surface area (TPSA) is 52.6 Å². The molecule has 0 aliphatic carbocycles. The first kappa shape index (κ1) is 22.3. The molecule has 6 rings (SSSR count). The summed E-state index contributed by atoms with van der Waals surface area (Å²) in [7, 11) is 0. The molecule has 0 saturated carbocycles. The van der Waals surface area contributed by atoms with Crippen LogP contribution < -0.4 is 0 Å². The monoisotopic (exact) mass is 474 g/mol. The Bertz CT molecular complexity index is 1460. The Hall–Kier alpha value is -4.18. The second-order valence-corrected chi connectivity index (χ2v) is 9.87. The molecule has 4 aromatic rings. The van der Waals surface area contributed by atoms with Gasteiger partial charge in [0.25, 0.3) is 0 Å². The zero-order chi connectivity index (χ0) is 25.2. The molecule has 0 amide bonds. The summed E-state index contributed by atoms with van der Waals surface area (Å²) in [6.07, 6.45) is 0. The predicted molar refractivity (Wildman–Crippen MR) is 137 cm³/mol. The largest absolute Gasteiger partial charge is 0.440 e. The molecule has 4 nitrogen and oxygen atoms in total. The van der Waals surface area contributed by atoms with Crippen LogP contribution in [0, 0.1) is 27.7 Å². The lowest BCUT2D eigenvalue weighted by Crippen LogP contribution is -2.52. The van der Waals surface area contributed by atoms with E-state index in [0.29, 0.717) is 22.3 Å². The molecule has 178 valence electrons. The number of cyclic esters (lactones) is 2. The molecule has 0 fully saturated rings. The molecular formula is C32H26O4. The van der Waals surface area contributed by atoms with Crippen molar-refractivity contribution in [2.45, 2.75) is 38.9 Å². The van der Waals surface area contributed by atoms with E-state index in [0.717, 1.165) is 33.4 Å². The number of ether oxygens (including phenoxy) is 2. The normalized spacial score (nSPS) is 22.1. The molecule has 0 saturated heterocycles. The van der Waals surface area contributed by atoms with Crippen molar-refractivity contribution >= 4 is 11.9 Å². The first-order valence-corrected chi connectivity index (χ1v) is 12.1. The van der Waals surface area contributed by atoms with Gasteiger partial charge in [0.15, 0.2) is 0 Å². The van der Waals surface area contributed by atoms with E-state index in [1.54, 1.807) is 12.1 Å². The number of benzene rings is 4. The summed E-state index contributed by atoms with van der Waals surface area (Å²) in [5, 5.41) is 0. The van der Waals surface area contributed by atoms with E-state index in [4.69, 9.17) is 9.47 Å². The standard InChI is InChI=1S/C32H26O4/c1-19-13-15-21(3)27(17-19)31(25-11-7-5-9-23(25)29(33)35-31)32(28-18-20(2)14-16-22(28)4)26-12-8-6-10-24(26)30(34)36-32/h5-18H,1-4H3. The molecule has 2 aliphatic heterocycles. The molecule has 2 heterocycles. The Labute approximate surface area is 210 Å². The van der Waals surface area contributed by atoms with Gasteiger partial charge in [0.2, 0.25) is 11.2 Å². The van der Waals surface area contributed by atoms with Crippen LogP contribution in [0.2, 0.25) is 0 Å². The molecule has 0 N–H and O–H groups in total. The quantitative estimate of drug-likeness (QED) is 0.320. The Balaban J connectivity index is 1.87. The first-order valence-electron chi connectivity index (χ1n) is 12.1. The maximum Gasteiger partial charge on any atom is 0.339 e. The van der Waals surface area contributed by atoms with Gasteiger partial charge in [0, 0.05) is 22.3 Å². The van der Waals surface area contributed by atoms with E-state index in [1.807, 2.05) is 100 Å². The highest BCUT2D eigenvalue weighted by molar-refractivity contribution is 5.99. The summed E-state index contributed by atoms with van der Waals surface area (Å²) < 4.78 is 13.1. The number of esters is 2. The van der Waals surface area contributed by atoms with E-state index in [-0.39, 0.29) is 0 Å². The third-order valence-corrected chi connectivity index (χ3v) is 7.58. The second kappa shape index (κ2) is 7.66. The highest BCUT2D eigenvalue weighted by Gasteiger charge is 2.69. The number of hydrogen-bond donors (Lipinski definition) is 0. The molecule has 36 heavy (non-hydrogen) atoms. The van der Waals surface area contributed by atoms with Crippen LogP contribution in [0.4, 0.5) is 0 Å². The van der Waals surface area contributed by atoms with Gasteiger partial charge in [-0.3, -0.25) is 0 Å². The van der Waals surface area contributed by atoms with E-state index in [2.05, 4.69) is 0 Å². The van der Waals surface area contributed by atoms with E-state index in [9.17, 15) is 9.59 Å². The van der Waals surface area contributed by atoms with E-state index in [1.165, 1.54) is 0 Å². The van der Waals surface area contributed by atoms with Crippen molar-refractivity contribution in [2.75, 3.05) is 0 Å². The van der Waals surface area contributed by atoms with Gasteiger partial charge in [-0.15, -0.1) is 0 Å². The van der Waals surface area contributed by atoms with Gasteiger partial charge in [0.1, 0.15) is 0 Å². The highest BCUT2D eigenvalue weighted by atomic mass is 16.6. The van der Waals surface area contributed by atoms with Crippen LogP contribution in [0.25, 0.3) is 0 Å². The molecule has 4 aromatic carbocycles. The summed E-state index contributed by atoms with van der Waals surface area (Å²) in [5.41, 5.74) is 4.97. The van der Waals surface area contributed by atoms with Gasteiger partial charge < -0.3 is 9.47 Å². The summed E-state index contributed by atoms with van der Waals surface area (Å²) >= 11 is 0. The van der Waals surface area contributed by atoms with Gasteiger partial charge in [-0.05, 0) is 51.0 Å². The number of aryl methyl sites for hydroxylation is 4. The molecule has 2 atom stereocenters. The lowest BCUT2D eigenvalue weighted by molar-refractivity contribution is -0.113. The third-order valence-electron chi connectivity index (χ3n) is 7.58. The van der Waals surface area contributed by atoms with Crippen LogP contribution in [0.5, 0.6) is 0 Å². The maximum atomic E-state index is 13.6. The first-order chi connectivity index (χ1) is 17.3. The van der Waals surface area contributed by atoms with Crippen LogP contribution in [-0.4, -0.2) is 11.9 Å². The van der Waals surface area contributed by atoms with Crippen LogP contribution in [0.3, 0.4) is 0 Å². The Kier molecular flexibility index (Phi) is 4.74. The van der Waals surface area contributed by atoms with Crippen molar-refractivity contribution < 1.29 is 19.1 Å². The summed E-state index contributed by atoms with van der Waals surface area (Å²) in [6, 6.07) is 27.1. The van der Waals surface area contributed by atoms with Crippen LogP contribution in [0.1, 0.15) is 65.2 Å². The molecule has 0 radical (unpaired) electrons.